The molecular weight excluding hydrogens is 169 g/mol. The first kappa shape index (κ1) is 8.13. The average molecular weight is 175 g/mol. The van der Waals surface area contributed by atoms with Gasteiger partial charge in [0, 0.05) is 6.20 Å². The molecule has 60 valence electrons. The van der Waals surface area contributed by atoms with Crippen molar-refractivity contribution in [3.63, 3.8) is 0 Å². The third kappa shape index (κ3) is 1.98. The molecule has 1 rings (SSSR count). The van der Waals surface area contributed by atoms with Gasteiger partial charge in [-0.2, -0.15) is 8.42 Å². The van der Waals surface area contributed by atoms with Crippen molar-refractivity contribution in [3.05, 3.63) is 23.9 Å². The summed E-state index contributed by atoms with van der Waals surface area (Å²) in [5, 5.41) is -0.539. The number of hydrogen-bond acceptors (Lipinski definition) is 3. The second-order valence-corrected chi connectivity index (χ2v) is 3.41. The highest BCUT2D eigenvalue weighted by Crippen LogP contribution is 2.08. The van der Waals surface area contributed by atoms with Crippen LogP contribution in [-0.2, 0) is 10.2 Å². The van der Waals surface area contributed by atoms with Crippen LogP contribution in [0.4, 0.5) is 3.89 Å². The van der Waals surface area contributed by atoms with Crippen LogP contribution in [0.25, 0.3) is 0 Å². The lowest BCUT2D eigenvalue weighted by Crippen LogP contribution is -1.94. The standard InChI is InChI=1S/C6H6FNO2S/c1-5-2-3-6(8-4-5)11(7,9)10/h2-4H,1H3. The van der Waals surface area contributed by atoms with Crippen LogP contribution in [0.3, 0.4) is 0 Å². The molecule has 0 radical (unpaired) electrons. The van der Waals surface area contributed by atoms with Crippen molar-refractivity contribution in [2.45, 2.75) is 11.9 Å². The van der Waals surface area contributed by atoms with Crippen molar-refractivity contribution in [2.24, 2.45) is 0 Å². The minimum atomic E-state index is -4.63. The largest absolute Gasteiger partial charge is 0.349 e. The summed E-state index contributed by atoms with van der Waals surface area (Å²) in [5.74, 6) is 0. The number of pyridine rings is 1. The van der Waals surface area contributed by atoms with Crippen molar-refractivity contribution in [2.75, 3.05) is 0 Å². The van der Waals surface area contributed by atoms with Gasteiger partial charge >= 0.3 is 10.2 Å². The van der Waals surface area contributed by atoms with Gasteiger partial charge in [0.15, 0.2) is 5.03 Å². The number of aryl methyl sites for hydroxylation is 1. The number of halogens is 1. The van der Waals surface area contributed by atoms with Crippen LogP contribution < -0.4 is 0 Å². The maximum atomic E-state index is 12.2. The summed E-state index contributed by atoms with van der Waals surface area (Å²) in [7, 11) is -4.63. The molecule has 0 bridgehead atoms. The quantitative estimate of drug-likeness (QED) is 0.599. The summed E-state index contributed by atoms with van der Waals surface area (Å²) in [4.78, 5) is 3.39. The third-order valence-corrected chi connectivity index (χ3v) is 1.88. The zero-order valence-electron chi connectivity index (χ0n) is 5.78. The second-order valence-electron chi connectivity index (χ2n) is 2.11. The zero-order valence-corrected chi connectivity index (χ0v) is 6.60. The van der Waals surface area contributed by atoms with Crippen LogP contribution >= 0.6 is 0 Å². The van der Waals surface area contributed by atoms with E-state index in [-0.39, 0.29) is 0 Å². The SMILES string of the molecule is Cc1ccc(S(=O)(=O)F)nc1. The minimum Gasteiger partial charge on any atom is -0.242 e. The van der Waals surface area contributed by atoms with Crippen molar-refractivity contribution in [3.8, 4) is 0 Å². The van der Waals surface area contributed by atoms with E-state index in [9.17, 15) is 12.3 Å². The summed E-state index contributed by atoms with van der Waals surface area (Å²) in [6.45, 7) is 1.74. The molecule has 0 N–H and O–H groups in total. The summed E-state index contributed by atoms with van der Waals surface area (Å²) >= 11 is 0. The second kappa shape index (κ2) is 2.58. The van der Waals surface area contributed by atoms with Crippen LogP contribution in [0.1, 0.15) is 5.56 Å². The highest BCUT2D eigenvalue weighted by molar-refractivity contribution is 7.86. The fourth-order valence-corrected chi connectivity index (χ4v) is 1.01. The Morgan fingerprint density at radius 2 is 2.09 bits per heavy atom. The van der Waals surface area contributed by atoms with Gasteiger partial charge in [0.25, 0.3) is 0 Å². The molecule has 0 aromatic carbocycles. The molecule has 0 saturated carbocycles. The van der Waals surface area contributed by atoms with Gasteiger partial charge in [-0.1, -0.05) is 9.95 Å². The predicted molar refractivity (Wildman–Crippen MR) is 37.3 cm³/mol. The van der Waals surface area contributed by atoms with Gasteiger partial charge in [-0.25, -0.2) is 4.98 Å². The fourth-order valence-electron chi connectivity index (χ4n) is 0.598. The molecule has 5 heteroatoms. The molecule has 1 aromatic rings. The maximum Gasteiger partial charge on any atom is 0.349 e. The first-order valence-electron chi connectivity index (χ1n) is 2.87. The Kier molecular flexibility index (Phi) is 1.90. The van der Waals surface area contributed by atoms with Gasteiger partial charge in [0.1, 0.15) is 0 Å². The molecular formula is C6H6FNO2S. The molecule has 1 aromatic heterocycles. The molecule has 3 nitrogen and oxygen atoms in total. The van der Waals surface area contributed by atoms with Gasteiger partial charge in [0.05, 0.1) is 0 Å². The Labute approximate surface area is 64.1 Å². The molecule has 0 aliphatic heterocycles. The third-order valence-electron chi connectivity index (χ3n) is 1.13. The van der Waals surface area contributed by atoms with Gasteiger partial charge in [-0.05, 0) is 18.6 Å². The summed E-state index contributed by atoms with van der Waals surface area (Å²) in [6.07, 6.45) is 1.30. The first-order chi connectivity index (χ1) is 5.00. The Balaban J connectivity index is 3.20. The molecule has 0 amide bonds. The number of rotatable bonds is 1. The van der Waals surface area contributed by atoms with E-state index in [0.29, 0.717) is 0 Å². The van der Waals surface area contributed by atoms with Crippen LogP contribution in [-0.4, -0.2) is 13.4 Å². The molecule has 0 saturated heterocycles. The summed E-state index contributed by atoms with van der Waals surface area (Å²) in [6, 6.07) is 2.62. The van der Waals surface area contributed by atoms with Crippen molar-refractivity contribution in [1.82, 2.24) is 4.98 Å². The smallest absolute Gasteiger partial charge is 0.242 e. The Morgan fingerprint density at radius 3 is 2.45 bits per heavy atom. The molecule has 0 atom stereocenters. The lowest BCUT2D eigenvalue weighted by Gasteiger charge is -1.92. The fraction of sp³-hybridized carbons (Fsp3) is 0.167. The lowest BCUT2D eigenvalue weighted by atomic mass is 10.3. The van der Waals surface area contributed by atoms with E-state index in [1.807, 2.05) is 0 Å². The van der Waals surface area contributed by atoms with E-state index in [4.69, 9.17) is 0 Å². The van der Waals surface area contributed by atoms with E-state index in [1.165, 1.54) is 12.3 Å². The average Bonchev–Trinajstić information content (AvgIpc) is 1.86. The Bertz CT molecular complexity index is 343. The van der Waals surface area contributed by atoms with Crippen LogP contribution in [0.5, 0.6) is 0 Å². The van der Waals surface area contributed by atoms with Gasteiger partial charge in [-0.3, -0.25) is 0 Å². The Hall–Kier alpha value is -0.970. The van der Waals surface area contributed by atoms with Crippen molar-refractivity contribution < 1.29 is 12.3 Å². The Morgan fingerprint density at radius 1 is 1.45 bits per heavy atom. The van der Waals surface area contributed by atoms with Gasteiger partial charge in [0.2, 0.25) is 0 Å². The van der Waals surface area contributed by atoms with Gasteiger partial charge in [-0.15, -0.1) is 0 Å². The molecule has 0 aliphatic carbocycles. The topological polar surface area (TPSA) is 47.0 Å². The summed E-state index contributed by atoms with van der Waals surface area (Å²) < 4.78 is 32.6. The lowest BCUT2D eigenvalue weighted by molar-refractivity contribution is 0.548. The van der Waals surface area contributed by atoms with Crippen LogP contribution in [0, 0.1) is 6.92 Å². The minimum absolute atomic E-state index is 0.539. The molecule has 0 spiro atoms. The van der Waals surface area contributed by atoms with E-state index >= 15 is 0 Å². The van der Waals surface area contributed by atoms with E-state index in [0.717, 1.165) is 11.6 Å². The molecule has 11 heavy (non-hydrogen) atoms. The normalized spacial score (nSPS) is 11.5. The highest BCUT2D eigenvalue weighted by Gasteiger charge is 2.11. The van der Waals surface area contributed by atoms with E-state index in [2.05, 4.69) is 4.98 Å². The molecule has 1 heterocycles. The maximum absolute atomic E-state index is 12.2. The number of aromatic nitrogens is 1. The molecule has 0 fully saturated rings. The highest BCUT2D eigenvalue weighted by atomic mass is 32.3. The van der Waals surface area contributed by atoms with E-state index < -0.39 is 15.2 Å². The summed E-state index contributed by atoms with van der Waals surface area (Å²) in [5.41, 5.74) is 0.789. The number of nitrogens with zero attached hydrogens (tertiary/aromatic N) is 1. The first-order valence-corrected chi connectivity index (χ1v) is 4.26. The van der Waals surface area contributed by atoms with Gasteiger partial charge < -0.3 is 0 Å². The van der Waals surface area contributed by atoms with Crippen LogP contribution in [0.15, 0.2) is 23.4 Å². The monoisotopic (exact) mass is 175 g/mol. The predicted octanol–water partition coefficient (Wildman–Crippen LogP) is 1.05. The van der Waals surface area contributed by atoms with Crippen molar-refractivity contribution in [1.29, 1.82) is 0 Å². The number of hydrogen-bond donors (Lipinski definition) is 0. The van der Waals surface area contributed by atoms with E-state index in [1.54, 1.807) is 6.92 Å². The van der Waals surface area contributed by atoms with Crippen molar-refractivity contribution >= 4 is 10.2 Å². The molecule has 0 unspecified atom stereocenters. The molecule has 0 aliphatic rings. The van der Waals surface area contributed by atoms with Crippen LogP contribution in [0.2, 0.25) is 0 Å². The zero-order chi connectivity index (χ0) is 8.48.